The van der Waals surface area contributed by atoms with Gasteiger partial charge in [-0.15, -0.1) is 0 Å². The fraction of sp³-hybridized carbons (Fsp3) is 0.294. The molecule has 0 aromatic heterocycles. The van der Waals surface area contributed by atoms with E-state index < -0.39 is 0 Å². The van der Waals surface area contributed by atoms with E-state index in [9.17, 15) is 0 Å². The number of hydrogen-bond acceptors (Lipinski definition) is 2. The molecule has 0 saturated carbocycles. The van der Waals surface area contributed by atoms with Crippen molar-refractivity contribution < 1.29 is 0 Å². The van der Waals surface area contributed by atoms with Gasteiger partial charge in [0.1, 0.15) is 0 Å². The Kier molecular flexibility index (Phi) is 5.75. The van der Waals surface area contributed by atoms with Gasteiger partial charge in [0.05, 0.1) is 11.6 Å². The summed E-state index contributed by atoms with van der Waals surface area (Å²) in [5.41, 5.74) is 3.59. The summed E-state index contributed by atoms with van der Waals surface area (Å²) < 4.78 is 0. The first-order valence-corrected chi connectivity index (χ1v) is 6.42. The van der Waals surface area contributed by atoms with Crippen molar-refractivity contribution in [2.24, 2.45) is 10.9 Å². The largest absolute Gasteiger partial charge is 0.257 e. The highest BCUT2D eigenvalue weighted by Gasteiger charge is 2.04. The van der Waals surface area contributed by atoms with E-state index in [0.717, 1.165) is 23.4 Å². The molecule has 0 unspecified atom stereocenters. The van der Waals surface area contributed by atoms with Crippen LogP contribution in [-0.4, -0.2) is 5.71 Å². The Hall–Kier alpha value is -2.14. The van der Waals surface area contributed by atoms with Crippen molar-refractivity contribution >= 4 is 5.71 Å². The van der Waals surface area contributed by atoms with Gasteiger partial charge in [-0.2, -0.15) is 5.26 Å². The molecule has 0 saturated heterocycles. The minimum Gasteiger partial charge on any atom is -0.257 e. The van der Waals surface area contributed by atoms with Crippen molar-refractivity contribution in [1.29, 1.82) is 5.26 Å². The van der Waals surface area contributed by atoms with E-state index >= 15 is 0 Å². The predicted octanol–water partition coefficient (Wildman–Crippen LogP) is 4.51. The zero-order valence-electron chi connectivity index (χ0n) is 11.9. The van der Waals surface area contributed by atoms with Gasteiger partial charge in [-0.25, -0.2) is 0 Å². The summed E-state index contributed by atoms with van der Waals surface area (Å²) in [6, 6.07) is 2.16. The van der Waals surface area contributed by atoms with E-state index in [1.807, 2.05) is 43.4 Å². The van der Waals surface area contributed by atoms with Gasteiger partial charge < -0.3 is 0 Å². The highest BCUT2D eigenvalue weighted by molar-refractivity contribution is 5.97. The highest BCUT2D eigenvalue weighted by Crippen LogP contribution is 2.14. The number of hydrogen-bond donors (Lipinski definition) is 0. The van der Waals surface area contributed by atoms with Gasteiger partial charge in [0, 0.05) is 17.8 Å². The molecular formula is C17H20N2. The highest BCUT2D eigenvalue weighted by atomic mass is 14.8. The average molecular weight is 252 g/mol. The summed E-state index contributed by atoms with van der Waals surface area (Å²) in [5.74, 6) is 0.313. The molecule has 98 valence electrons. The summed E-state index contributed by atoms with van der Waals surface area (Å²) in [7, 11) is 0. The number of nitrogens with zero attached hydrogens (tertiary/aromatic N) is 2. The SMILES string of the molecule is C=C(C)/C=C1C/C=C/C=C(C#N)\C=C/C(C(C)C)=N\1. The molecule has 0 spiro atoms. The zero-order valence-corrected chi connectivity index (χ0v) is 11.9. The lowest BCUT2D eigenvalue weighted by Crippen LogP contribution is -2.05. The molecule has 2 nitrogen and oxygen atoms in total. The molecule has 1 aliphatic rings. The molecule has 0 aromatic carbocycles. The first-order valence-electron chi connectivity index (χ1n) is 6.42. The number of allylic oxidation sites excluding steroid dienone is 8. The van der Waals surface area contributed by atoms with Gasteiger partial charge >= 0.3 is 0 Å². The Morgan fingerprint density at radius 2 is 2.21 bits per heavy atom. The van der Waals surface area contributed by atoms with Crippen LogP contribution in [0.15, 0.2) is 64.9 Å². The molecule has 0 atom stereocenters. The molecule has 0 N–H and O–H groups in total. The molecule has 0 aliphatic carbocycles. The third kappa shape index (κ3) is 5.35. The van der Waals surface area contributed by atoms with E-state index in [2.05, 4.69) is 31.5 Å². The van der Waals surface area contributed by atoms with Gasteiger partial charge in [0.25, 0.3) is 0 Å². The van der Waals surface area contributed by atoms with Crippen LogP contribution < -0.4 is 0 Å². The summed E-state index contributed by atoms with van der Waals surface area (Å²) in [6.07, 6.45) is 12.2. The first-order chi connectivity index (χ1) is 9.02. The monoisotopic (exact) mass is 252 g/mol. The van der Waals surface area contributed by atoms with Crippen LogP contribution in [0.5, 0.6) is 0 Å². The molecule has 1 aliphatic heterocycles. The second kappa shape index (κ2) is 7.33. The van der Waals surface area contributed by atoms with Crippen LogP contribution in [-0.2, 0) is 0 Å². The molecule has 1 heterocycles. The van der Waals surface area contributed by atoms with Gasteiger partial charge in [-0.05, 0) is 37.1 Å². The summed E-state index contributed by atoms with van der Waals surface area (Å²) in [6.45, 7) is 10.1. The summed E-state index contributed by atoms with van der Waals surface area (Å²) >= 11 is 0. The average Bonchev–Trinajstić information content (AvgIpc) is 2.35. The molecule has 1 rings (SSSR count). The molecular weight excluding hydrogens is 232 g/mol. The zero-order chi connectivity index (χ0) is 14.3. The summed E-state index contributed by atoms with van der Waals surface area (Å²) in [5, 5.41) is 9.00. The second-order valence-electron chi connectivity index (χ2n) is 4.87. The van der Waals surface area contributed by atoms with Gasteiger partial charge in [0.15, 0.2) is 0 Å². The Balaban J connectivity index is 3.22. The normalized spacial score (nSPS) is 26.8. The quantitative estimate of drug-likeness (QED) is 0.712. The van der Waals surface area contributed by atoms with Crippen LogP contribution in [0.25, 0.3) is 0 Å². The van der Waals surface area contributed by atoms with Crippen LogP contribution in [0, 0.1) is 17.2 Å². The lowest BCUT2D eigenvalue weighted by Gasteiger charge is -2.08. The Bertz CT molecular complexity index is 532. The number of rotatable bonds is 2. The lowest BCUT2D eigenvalue weighted by molar-refractivity contribution is 0.883. The van der Waals surface area contributed by atoms with Crippen LogP contribution in [0.3, 0.4) is 0 Å². The smallest absolute Gasteiger partial charge is 0.0991 e. The fourth-order valence-corrected chi connectivity index (χ4v) is 1.61. The van der Waals surface area contributed by atoms with Crippen molar-refractivity contribution in [2.45, 2.75) is 27.2 Å². The van der Waals surface area contributed by atoms with Crippen LogP contribution in [0.4, 0.5) is 0 Å². The molecule has 0 bridgehead atoms. The number of nitriles is 1. The first kappa shape index (κ1) is 14.9. The fourth-order valence-electron chi connectivity index (χ4n) is 1.61. The molecule has 0 radical (unpaired) electrons. The van der Waals surface area contributed by atoms with Crippen LogP contribution in [0.1, 0.15) is 27.2 Å². The summed E-state index contributed by atoms with van der Waals surface area (Å²) in [4.78, 5) is 4.69. The van der Waals surface area contributed by atoms with Crippen molar-refractivity contribution in [3.8, 4) is 6.07 Å². The molecule has 0 fully saturated rings. The van der Waals surface area contributed by atoms with E-state index in [1.165, 1.54) is 0 Å². The van der Waals surface area contributed by atoms with Gasteiger partial charge in [0.2, 0.25) is 0 Å². The van der Waals surface area contributed by atoms with Gasteiger partial charge in [-0.3, -0.25) is 4.99 Å². The maximum atomic E-state index is 9.00. The van der Waals surface area contributed by atoms with Crippen molar-refractivity contribution in [3.05, 3.63) is 59.9 Å². The van der Waals surface area contributed by atoms with Gasteiger partial charge in [-0.1, -0.05) is 38.2 Å². The predicted molar refractivity (Wildman–Crippen MR) is 81.8 cm³/mol. The van der Waals surface area contributed by atoms with E-state index in [-0.39, 0.29) is 0 Å². The standard InChI is InChI=1S/C17H20N2/c1-13(2)11-16-8-6-5-7-15(12-18)9-10-17(19-16)14(3)4/h5-7,9-11,14H,1,8H2,2-4H3/b6-5+,10-9-,15-7+,16-11+,19-17+. The lowest BCUT2D eigenvalue weighted by atomic mass is 10.1. The maximum absolute atomic E-state index is 9.00. The topological polar surface area (TPSA) is 36.1 Å². The van der Waals surface area contributed by atoms with Crippen molar-refractivity contribution in [3.63, 3.8) is 0 Å². The van der Waals surface area contributed by atoms with Crippen molar-refractivity contribution in [1.82, 2.24) is 0 Å². The van der Waals surface area contributed by atoms with E-state index in [1.54, 1.807) is 0 Å². The Morgan fingerprint density at radius 1 is 1.47 bits per heavy atom. The van der Waals surface area contributed by atoms with Crippen LogP contribution in [0.2, 0.25) is 0 Å². The van der Waals surface area contributed by atoms with Crippen LogP contribution >= 0.6 is 0 Å². The van der Waals surface area contributed by atoms with E-state index in [4.69, 9.17) is 5.26 Å². The molecule has 0 amide bonds. The number of aliphatic imine (C=N–C) groups is 1. The second-order valence-corrected chi connectivity index (χ2v) is 4.87. The third-order valence-electron chi connectivity index (χ3n) is 2.58. The molecule has 0 aromatic rings. The molecule has 2 heteroatoms. The Labute approximate surface area is 115 Å². The third-order valence-corrected chi connectivity index (χ3v) is 2.58. The van der Waals surface area contributed by atoms with Crippen molar-refractivity contribution in [2.75, 3.05) is 0 Å². The van der Waals surface area contributed by atoms with E-state index in [0.29, 0.717) is 11.5 Å². The minimum atomic E-state index is 0.313. The Morgan fingerprint density at radius 3 is 2.79 bits per heavy atom. The minimum absolute atomic E-state index is 0.313. The maximum Gasteiger partial charge on any atom is 0.0991 e. The molecule has 19 heavy (non-hydrogen) atoms.